The van der Waals surface area contributed by atoms with Gasteiger partial charge in [0.25, 0.3) is 0 Å². The second-order valence-electron chi connectivity index (χ2n) is 7.82. The van der Waals surface area contributed by atoms with Crippen LogP contribution in [0.25, 0.3) is 0 Å². The number of anilines is 1. The molecule has 0 fully saturated rings. The Bertz CT molecular complexity index is 966. The molecule has 6 heteroatoms. The summed E-state index contributed by atoms with van der Waals surface area (Å²) in [6, 6.07) is 18.1. The Balaban J connectivity index is 1.79. The Labute approximate surface area is 171 Å². The number of fused-ring (bicyclic) bond motifs is 1. The summed E-state index contributed by atoms with van der Waals surface area (Å²) in [5.41, 5.74) is 2.23. The third kappa shape index (κ3) is 3.75. The summed E-state index contributed by atoms with van der Waals surface area (Å²) in [5, 5.41) is 4.48. The number of aromatic nitrogens is 3. The van der Waals surface area contributed by atoms with Crippen molar-refractivity contribution >= 4 is 11.9 Å². The van der Waals surface area contributed by atoms with Crippen LogP contribution in [0, 0.1) is 5.92 Å². The molecule has 0 aliphatic carbocycles. The van der Waals surface area contributed by atoms with Gasteiger partial charge in [-0.1, -0.05) is 56.3 Å². The zero-order valence-corrected chi connectivity index (χ0v) is 17.0. The molecule has 0 bridgehead atoms. The number of ether oxygens (including phenoxy) is 1. The van der Waals surface area contributed by atoms with E-state index in [4.69, 9.17) is 4.74 Å². The average molecular weight is 390 g/mol. The van der Waals surface area contributed by atoms with Crippen LogP contribution in [0.15, 0.2) is 60.9 Å². The van der Waals surface area contributed by atoms with Gasteiger partial charge >= 0.3 is 0 Å². The quantitative estimate of drug-likeness (QED) is 0.648. The molecule has 150 valence electrons. The van der Waals surface area contributed by atoms with Gasteiger partial charge in [-0.15, -0.1) is 0 Å². The van der Waals surface area contributed by atoms with Crippen LogP contribution in [-0.4, -0.2) is 27.8 Å². The summed E-state index contributed by atoms with van der Waals surface area (Å²) in [4.78, 5) is 19.5. The fourth-order valence-corrected chi connectivity index (χ4v) is 3.99. The van der Waals surface area contributed by atoms with E-state index in [1.807, 2.05) is 39.9 Å². The van der Waals surface area contributed by atoms with Gasteiger partial charge in [0.2, 0.25) is 11.9 Å². The monoisotopic (exact) mass is 390 g/mol. The zero-order chi connectivity index (χ0) is 20.4. The van der Waals surface area contributed by atoms with Crippen LogP contribution in [0.2, 0.25) is 0 Å². The van der Waals surface area contributed by atoms with Crippen molar-refractivity contribution in [2.75, 3.05) is 12.0 Å². The number of nitrogens with zero attached hydrogens (tertiary/aromatic N) is 4. The molecule has 0 radical (unpaired) electrons. The van der Waals surface area contributed by atoms with Crippen molar-refractivity contribution in [1.82, 2.24) is 14.8 Å². The lowest BCUT2D eigenvalue weighted by Crippen LogP contribution is -2.43. The lowest BCUT2D eigenvalue weighted by molar-refractivity contribution is -0.120. The standard InChI is InChI=1S/C23H26N4O2/c1-16(2)13-22(28)26-20(17-7-5-4-6-8-17)14-21(27-23(26)24-15-25-27)18-9-11-19(29-3)12-10-18/h4-12,15-16,20-21H,13-14H2,1-3H3/t20-,21+/m1/s1. The summed E-state index contributed by atoms with van der Waals surface area (Å²) in [5.74, 6) is 1.78. The molecule has 1 aliphatic rings. The molecule has 1 aliphatic heterocycles. The maximum absolute atomic E-state index is 13.2. The predicted octanol–water partition coefficient (Wildman–Crippen LogP) is 4.40. The summed E-state index contributed by atoms with van der Waals surface area (Å²) >= 11 is 0. The Kier molecular flexibility index (Phi) is 5.34. The van der Waals surface area contributed by atoms with E-state index in [2.05, 4.69) is 48.2 Å². The van der Waals surface area contributed by atoms with Crippen LogP contribution in [0.5, 0.6) is 5.75 Å². The summed E-state index contributed by atoms with van der Waals surface area (Å²) in [6.07, 6.45) is 2.74. The van der Waals surface area contributed by atoms with Gasteiger partial charge in [0.1, 0.15) is 12.1 Å². The Morgan fingerprint density at radius 1 is 1.07 bits per heavy atom. The van der Waals surface area contributed by atoms with Crippen molar-refractivity contribution in [2.24, 2.45) is 5.92 Å². The molecule has 2 heterocycles. The number of amides is 1. The smallest absolute Gasteiger partial charge is 0.231 e. The first kappa shape index (κ1) is 19.2. The molecule has 2 atom stereocenters. The van der Waals surface area contributed by atoms with Crippen LogP contribution in [0.4, 0.5) is 5.95 Å². The first-order chi connectivity index (χ1) is 14.1. The molecule has 29 heavy (non-hydrogen) atoms. The van der Waals surface area contributed by atoms with Gasteiger partial charge in [0.15, 0.2) is 0 Å². The van der Waals surface area contributed by atoms with Crippen LogP contribution in [0.3, 0.4) is 0 Å². The molecule has 0 saturated heterocycles. The second kappa shape index (κ2) is 8.07. The van der Waals surface area contributed by atoms with Crippen LogP contribution >= 0.6 is 0 Å². The SMILES string of the molecule is COc1ccc([C@@H]2C[C@H](c3ccccc3)N(C(=O)CC(C)C)c3ncnn32)cc1. The molecule has 4 rings (SSSR count). The highest BCUT2D eigenvalue weighted by Crippen LogP contribution is 2.42. The summed E-state index contributed by atoms with van der Waals surface area (Å²) < 4.78 is 7.17. The highest BCUT2D eigenvalue weighted by Gasteiger charge is 2.39. The van der Waals surface area contributed by atoms with Gasteiger partial charge in [0.05, 0.1) is 19.2 Å². The van der Waals surface area contributed by atoms with E-state index >= 15 is 0 Å². The minimum atomic E-state index is -0.0914. The number of hydrogen-bond donors (Lipinski definition) is 0. The molecule has 0 N–H and O–H groups in total. The molecule has 1 amide bonds. The molecule has 3 aromatic rings. The average Bonchev–Trinajstić information content (AvgIpc) is 3.22. The topological polar surface area (TPSA) is 60.2 Å². The van der Waals surface area contributed by atoms with Gasteiger partial charge in [-0.25, -0.2) is 4.68 Å². The molecular weight excluding hydrogens is 364 g/mol. The molecule has 2 aromatic carbocycles. The number of hydrogen-bond acceptors (Lipinski definition) is 4. The zero-order valence-electron chi connectivity index (χ0n) is 17.0. The maximum Gasteiger partial charge on any atom is 0.231 e. The second-order valence-corrected chi connectivity index (χ2v) is 7.82. The van der Waals surface area contributed by atoms with Crippen LogP contribution < -0.4 is 9.64 Å². The third-order valence-electron chi connectivity index (χ3n) is 5.36. The summed E-state index contributed by atoms with van der Waals surface area (Å²) in [6.45, 7) is 4.12. The van der Waals surface area contributed by atoms with Crippen LogP contribution in [-0.2, 0) is 4.79 Å². The molecule has 0 spiro atoms. The van der Waals surface area contributed by atoms with E-state index in [0.717, 1.165) is 23.3 Å². The van der Waals surface area contributed by atoms with Crippen molar-refractivity contribution in [3.8, 4) is 5.75 Å². The largest absolute Gasteiger partial charge is 0.497 e. The fourth-order valence-electron chi connectivity index (χ4n) is 3.99. The molecule has 0 unspecified atom stereocenters. The Morgan fingerprint density at radius 3 is 2.41 bits per heavy atom. The lowest BCUT2D eigenvalue weighted by Gasteiger charge is -2.39. The highest BCUT2D eigenvalue weighted by atomic mass is 16.5. The van der Waals surface area contributed by atoms with E-state index in [0.29, 0.717) is 12.4 Å². The predicted molar refractivity (Wildman–Crippen MR) is 112 cm³/mol. The number of methoxy groups -OCH3 is 1. The number of benzene rings is 2. The van der Waals surface area contributed by atoms with Gasteiger partial charge in [0, 0.05) is 6.42 Å². The van der Waals surface area contributed by atoms with E-state index < -0.39 is 0 Å². The van der Waals surface area contributed by atoms with Gasteiger partial charge in [-0.2, -0.15) is 10.1 Å². The van der Waals surface area contributed by atoms with Gasteiger partial charge in [-0.05, 0) is 35.6 Å². The van der Waals surface area contributed by atoms with E-state index in [9.17, 15) is 4.79 Å². The van der Waals surface area contributed by atoms with E-state index in [-0.39, 0.29) is 23.9 Å². The van der Waals surface area contributed by atoms with E-state index in [1.54, 1.807) is 7.11 Å². The Hall–Kier alpha value is -3.15. The summed E-state index contributed by atoms with van der Waals surface area (Å²) in [7, 11) is 1.66. The number of rotatable bonds is 5. The maximum atomic E-state index is 13.2. The molecule has 1 aromatic heterocycles. The normalized spacial score (nSPS) is 18.6. The lowest BCUT2D eigenvalue weighted by atomic mass is 9.91. The number of carbonyl (C=O) groups excluding carboxylic acids is 1. The van der Waals surface area contributed by atoms with Crippen molar-refractivity contribution < 1.29 is 9.53 Å². The number of carbonyl (C=O) groups is 1. The molecule has 0 saturated carbocycles. The van der Waals surface area contributed by atoms with Crippen molar-refractivity contribution in [3.05, 3.63) is 72.1 Å². The van der Waals surface area contributed by atoms with Crippen molar-refractivity contribution in [1.29, 1.82) is 0 Å². The molecular formula is C23H26N4O2. The highest BCUT2D eigenvalue weighted by molar-refractivity contribution is 5.93. The first-order valence-corrected chi connectivity index (χ1v) is 9.99. The van der Waals surface area contributed by atoms with Crippen LogP contribution in [0.1, 0.15) is 49.9 Å². The Morgan fingerprint density at radius 2 is 1.76 bits per heavy atom. The van der Waals surface area contributed by atoms with Crippen molar-refractivity contribution in [2.45, 2.75) is 38.8 Å². The minimum absolute atomic E-state index is 0.00767. The third-order valence-corrected chi connectivity index (χ3v) is 5.36. The van der Waals surface area contributed by atoms with Gasteiger partial charge in [-0.3, -0.25) is 9.69 Å². The minimum Gasteiger partial charge on any atom is -0.497 e. The fraction of sp³-hybridized carbons (Fsp3) is 0.348. The van der Waals surface area contributed by atoms with Crippen molar-refractivity contribution in [3.63, 3.8) is 0 Å². The molecule has 6 nitrogen and oxygen atoms in total. The van der Waals surface area contributed by atoms with E-state index in [1.165, 1.54) is 6.33 Å². The van der Waals surface area contributed by atoms with Gasteiger partial charge < -0.3 is 4.74 Å². The first-order valence-electron chi connectivity index (χ1n) is 9.99.